The summed E-state index contributed by atoms with van der Waals surface area (Å²) in [7, 11) is 0. The summed E-state index contributed by atoms with van der Waals surface area (Å²) >= 11 is 1.51. The lowest BCUT2D eigenvalue weighted by Gasteiger charge is -2.08. The topological polar surface area (TPSA) is 42.0 Å². The largest absolute Gasteiger partial charge is 0.321 e. The van der Waals surface area contributed by atoms with E-state index >= 15 is 0 Å². The fourth-order valence-electron chi connectivity index (χ4n) is 2.23. The lowest BCUT2D eigenvalue weighted by Crippen LogP contribution is -2.12. The molecule has 0 aliphatic carbocycles. The Kier molecular flexibility index (Phi) is 5.12. The molecule has 0 bridgehead atoms. The van der Waals surface area contributed by atoms with Crippen molar-refractivity contribution in [3.8, 4) is 0 Å². The van der Waals surface area contributed by atoms with Gasteiger partial charge in [0.1, 0.15) is 4.88 Å². The Labute approximate surface area is 130 Å². The van der Waals surface area contributed by atoms with Crippen LogP contribution in [-0.4, -0.2) is 10.9 Å². The number of amides is 1. The van der Waals surface area contributed by atoms with E-state index in [0.29, 0.717) is 5.92 Å². The normalized spacial score (nSPS) is 10.9. The molecule has 0 unspecified atom stereocenters. The number of aromatic nitrogens is 1. The summed E-state index contributed by atoms with van der Waals surface area (Å²) in [5, 5.41) is 4.06. The third kappa shape index (κ3) is 3.91. The van der Waals surface area contributed by atoms with E-state index in [-0.39, 0.29) is 5.91 Å². The van der Waals surface area contributed by atoms with Crippen molar-refractivity contribution >= 4 is 22.9 Å². The number of rotatable bonds is 5. The summed E-state index contributed by atoms with van der Waals surface area (Å²) in [4.78, 5) is 17.7. The summed E-state index contributed by atoms with van der Waals surface area (Å²) in [6.07, 6.45) is 1.82. The van der Waals surface area contributed by atoms with Crippen molar-refractivity contribution in [1.82, 2.24) is 4.98 Å². The van der Waals surface area contributed by atoms with Gasteiger partial charge in [0, 0.05) is 12.1 Å². The zero-order chi connectivity index (χ0) is 15.4. The second-order valence-corrected chi connectivity index (χ2v) is 6.67. The molecule has 0 aliphatic rings. The van der Waals surface area contributed by atoms with Crippen LogP contribution in [0.2, 0.25) is 0 Å². The Hall–Kier alpha value is -1.68. The average molecular weight is 302 g/mol. The number of nitrogens with one attached hydrogen (secondary N) is 1. The fourth-order valence-corrected chi connectivity index (χ4v) is 3.40. The number of aryl methyl sites for hydroxylation is 2. The van der Waals surface area contributed by atoms with Crippen LogP contribution in [-0.2, 0) is 12.8 Å². The molecule has 112 valence electrons. The Bertz CT molecular complexity index is 631. The number of thiazole rings is 1. The Balaban J connectivity index is 2.18. The minimum Gasteiger partial charge on any atom is -0.321 e. The van der Waals surface area contributed by atoms with Crippen LogP contribution in [0.25, 0.3) is 0 Å². The maximum atomic E-state index is 12.5. The molecule has 1 amide bonds. The van der Waals surface area contributed by atoms with Crippen molar-refractivity contribution in [2.24, 2.45) is 5.92 Å². The standard InChI is InChI=1S/C17H22N2OS/c1-5-13-8-6-7-9-14(13)19-17(20)16-12(4)18-15(21-16)10-11(2)3/h6-9,11H,5,10H2,1-4H3,(H,19,20). The maximum Gasteiger partial charge on any atom is 0.267 e. The first kappa shape index (κ1) is 15.7. The number of anilines is 1. The van der Waals surface area contributed by atoms with Crippen molar-refractivity contribution < 1.29 is 4.79 Å². The molecule has 2 rings (SSSR count). The molecule has 0 saturated heterocycles. The van der Waals surface area contributed by atoms with Crippen LogP contribution in [0.1, 0.15) is 46.7 Å². The van der Waals surface area contributed by atoms with E-state index in [4.69, 9.17) is 0 Å². The molecule has 0 fully saturated rings. The monoisotopic (exact) mass is 302 g/mol. The van der Waals surface area contributed by atoms with Gasteiger partial charge >= 0.3 is 0 Å². The van der Waals surface area contributed by atoms with Crippen LogP contribution < -0.4 is 5.32 Å². The average Bonchev–Trinajstić information content (AvgIpc) is 2.79. The lowest BCUT2D eigenvalue weighted by molar-refractivity contribution is 0.102. The van der Waals surface area contributed by atoms with Gasteiger partial charge < -0.3 is 5.32 Å². The van der Waals surface area contributed by atoms with E-state index in [1.165, 1.54) is 11.3 Å². The number of hydrogen-bond acceptors (Lipinski definition) is 3. The highest BCUT2D eigenvalue weighted by molar-refractivity contribution is 7.13. The first-order chi connectivity index (χ1) is 10.0. The van der Waals surface area contributed by atoms with E-state index < -0.39 is 0 Å². The predicted octanol–water partition coefficient (Wildman–Crippen LogP) is 4.46. The number of carbonyl (C=O) groups excluding carboxylic acids is 1. The van der Waals surface area contributed by atoms with Crippen LogP contribution in [0.3, 0.4) is 0 Å². The summed E-state index contributed by atoms with van der Waals surface area (Å²) in [5.41, 5.74) is 2.86. The van der Waals surface area contributed by atoms with Gasteiger partial charge in [-0.05, 0) is 30.9 Å². The Morgan fingerprint density at radius 3 is 2.71 bits per heavy atom. The van der Waals surface area contributed by atoms with Crippen LogP contribution in [0.15, 0.2) is 24.3 Å². The molecule has 3 nitrogen and oxygen atoms in total. The summed E-state index contributed by atoms with van der Waals surface area (Å²) < 4.78 is 0. The second kappa shape index (κ2) is 6.85. The van der Waals surface area contributed by atoms with Gasteiger partial charge in [-0.1, -0.05) is 39.0 Å². The van der Waals surface area contributed by atoms with Gasteiger partial charge in [0.2, 0.25) is 0 Å². The molecule has 1 N–H and O–H groups in total. The zero-order valence-corrected chi connectivity index (χ0v) is 13.9. The highest BCUT2D eigenvalue weighted by atomic mass is 32.1. The van der Waals surface area contributed by atoms with Crippen molar-refractivity contribution in [3.63, 3.8) is 0 Å². The number of carbonyl (C=O) groups is 1. The van der Waals surface area contributed by atoms with Crippen molar-refractivity contribution in [2.45, 2.75) is 40.5 Å². The Morgan fingerprint density at radius 1 is 1.33 bits per heavy atom. The van der Waals surface area contributed by atoms with Crippen LogP contribution in [0.4, 0.5) is 5.69 Å². The molecule has 1 aromatic heterocycles. The lowest BCUT2D eigenvalue weighted by atomic mass is 10.1. The molecule has 0 spiro atoms. The first-order valence-corrected chi connectivity index (χ1v) is 8.18. The minimum absolute atomic E-state index is 0.0547. The van der Waals surface area contributed by atoms with Gasteiger partial charge in [0.05, 0.1) is 10.7 Å². The third-order valence-corrected chi connectivity index (χ3v) is 4.45. The van der Waals surface area contributed by atoms with Crippen LogP contribution in [0, 0.1) is 12.8 Å². The number of benzene rings is 1. The molecular weight excluding hydrogens is 280 g/mol. The van der Waals surface area contributed by atoms with Crippen molar-refractivity contribution in [1.29, 1.82) is 0 Å². The molecule has 0 atom stereocenters. The van der Waals surface area contributed by atoms with Gasteiger partial charge in [0.15, 0.2) is 0 Å². The minimum atomic E-state index is -0.0547. The summed E-state index contributed by atoms with van der Waals surface area (Å²) in [6.45, 7) is 8.31. The molecule has 1 heterocycles. The van der Waals surface area contributed by atoms with Gasteiger partial charge in [-0.15, -0.1) is 11.3 Å². The predicted molar refractivity (Wildman–Crippen MR) is 89.2 cm³/mol. The Morgan fingerprint density at radius 2 is 2.05 bits per heavy atom. The van der Waals surface area contributed by atoms with E-state index in [9.17, 15) is 4.79 Å². The smallest absolute Gasteiger partial charge is 0.267 e. The second-order valence-electron chi connectivity index (χ2n) is 5.58. The van der Waals surface area contributed by atoms with E-state index in [1.807, 2.05) is 31.2 Å². The summed E-state index contributed by atoms with van der Waals surface area (Å²) in [5.74, 6) is 0.494. The van der Waals surface area contributed by atoms with Gasteiger partial charge in [0.25, 0.3) is 5.91 Å². The molecule has 4 heteroatoms. The highest BCUT2D eigenvalue weighted by Crippen LogP contribution is 2.23. The van der Waals surface area contributed by atoms with Crippen LogP contribution >= 0.6 is 11.3 Å². The zero-order valence-electron chi connectivity index (χ0n) is 13.1. The quantitative estimate of drug-likeness (QED) is 0.885. The molecule has 21 heavy (non-hydrogen) atoms. The van der Waals surface area contributed by atoms with Crippen molar-refractivity contribution in [2.75, 3.05) is 5.32 Å². The van der Waals surface area contributed by atoms with E-state index in [0.717, 1.165) is 39.7 Å². The van der Waals surface area contributed by atoms with E-state index in [2.05, 4.69) is 31.1 Å². The SMILES string of the molecule is CCc1ccccc1NC(=O)c1sc(CC(C)C)nc1C. The van der Waals surface area contributed by atoms with Gasteiger partial charge in [-0.2, -0.15) is 0 Å². The van der Waals surface area contributed by atoms with E-state index in [1.54, 1.807) is 0 Å². The first-order valence-electron chi connectivity index (χ1n) is 7.36. The maximum absolute atomic E-state index is 12.5. The molecule has 0 saturated carbocycles. The third-order valence-electron chi connectivity index (χ3n) is 3.28. The van der Waals surface area contributed by atoms with Crippen LogP contribution in [0.5, 0.6) is 0 Å². The highest BCUT2D eigenvalue weighted by Gasteiger charge is 2.16. The van der Waals surface area contributed by atoms with Crippen molar-refractivity contribution in [3.05, 3.63) is 45.4 Å². The fraction of sp³-hybridized carbons (Fsp3) is 0.412. The molecule has 2 aromatic rings. The number of nitrogens with zero attached hydrogens (tertiary/aromatic N) is 1. The number of para-hydroxylation sites is 1. The molecule has 0 aliphatic heterocycles. The molecule has 0 radical (unpaired) electrons. The van der Waals surface area contributed by atoms with Gasteiger partial charge in [-0.3, -0.25) is 4.79 Å². The number of hydrogen-bond donors (Lipinski definition) is 1. The summed E-state index contributed by atoms with van der Waals surface area (Å²) in [6, 6.07) is 7.92. The molecular formula is C17H22N2OS. The van der Waals surface area contributed by atoms with Gasteiger partial charge in [-0.25, -0.2) is 4.98 Å². The molecule has 1 aromatic carbocycles.